The first-order valence-electron chi connectivity index (χ1n) is 6.32. The lowest BCUT2D eigenvalue weighted by atomic mass is 10.1. The van der Waals surface area contributed by atoms with Crippen LogP contribution in [-0.2, 0) is 0 Å². The third-order valence-corrected chi connectivity index (χ3v) is 3.35. The highest BCUT2D eigenvalue weighted by Gasteiger charge is 1.97. The molecule has 0 unspecified atom stereocenters. The second-order valence-corrected chi connectivity index (χ2v) is 4.62. The number of hydrogen-bond donors (Lipinski definition) is 1. The summed E-state index contributed by atoms with van der Waals surface area (Å²) in [6.45, 7) is 8.03. The van der Waals surface area contributed by atoms with Crippen LogP contribution in [0.1, 0.15) is 22.3 Å². The third-order valence-electron chi connectivity index (χ3n) is 3.35. The van der Waals surface area contributed by atoms with Crippen molar-refractivity contribution in [1.82, 2.24) is 0 Å². The van der Waals surface area contributed by atoms with E-state index in [1.165, 1.54) is 11.1 Å². The van der Waals surface area contributed by atoms with Crippen LogP contribution in [0.2, 0.25) is 0 Å². The summed E-state index contributed by atoms with van der Waals surface area (Å²) in [7, 11) is 1.70. The van der Waals surface area contributed by atoms with Gasteiger partial charge in [-0.15, -0.1) is 0 Å². The lowest BCUT2D eigenvalue weighted by Crippen LogP contribution is -1.88. The van der Waals surface area contributed by atoms with E-state index < -0.39 is 0 Å². The average Bonchev–Trinajstić information content (AvgIpc) is 2.40. The Bertz CT molecular complexity index is 525. The lowest BCUT2D eigenvalue weighted by Gasteiger charge is -2.05. The minimum absolute atomic E-state index is 0.384. The van der Waals surface area contributed by atoms with Gasteiger partial charge in [-0.1, -0.05) is 24.3 Å². The number of benzene rings is 2. The second kappa shape index (κ2) is 6.83. The average molecular weight is 258 g/mol. The number of hydrogen-bond acceptors (Lipinski definition) is 2. The van der Waals surface area contributed by atoms with Gasteiger partial charge in [-0.3, -0.25) is 0 Å². The summed E-state index contributed by atoms with van der Waals surface area (Å²) in [6, 6.07) is 11.6. The SMILES string of the molecule is COc1cccc(C)c1C.Cc1cccc(O)c1C. The van der Waals surface area contributed by atoms with E-state index in [1.807, 2.05) is 38.1 Å². The Kier molecular flexibility index (Phi) is 5.43. The molecule has 2 rings (SSSR count). The second-order valence-electron chi connectivity index (χ2n) is 4.62. The molecule has 0 saturated heterocycles. The molecule has 102 valence electrons. The minimum atomic E-state index is 0.384. The zero-order chi connectivity index (χ0) is 14.4. The molecule has 19 heavy (non-hydrogen) atoms. The molecule has 0 saturated carbocycles. The number of aryl methyl sites for hydroxylation is 2. The number of methoxy groups -OCH3 is 1. The molecular weight excluding hydrogens is 236 g/mol. The first-order chi connectivity index (χ1) is 8.97. The van der Waals surface area contributed by atoms with E-state index in [2.05, 4.69) is 19.9 Å². The molecule has 0 bridgehead atoms. The van der Waals surface area contributed by atoms with Crippen LogP contribution in [0.5, 0.6) is 11.5 Å². The summed E-state index contributed by atoms with van der Waals surface area (Å²) < 4.78 is 5.13. The van der Waals surface area contributed by atoms with Gasteiger partial charge in [-0.25, -0.2) is 0 Å². The molecule has 0 fully saturated rings. The summed E-state index contributed by atoms with van der Waals surface area (Å²) in [4.78, 5) is 0. The van der Waals surface area contributed by atoms with E-state index in [9.17, 15) is 0 Å². The molecule has 0 atom stereocenters. The Morgan fingerprint density at radius 2 is 1.32 bits per heavy atom. The van der Waals surface area contributed by atoms with Crippen LogP contribution in [0.25, 0.3) is 0 Å². The van der Waals surface area contributed by atoms with Crippen LogP contribution in [0.3, 0.4) is 0 Å². The smallest absolute Gasteiger partial charge is 0.122 e. The molecule has 0 spiro atoms. The molecule has 0 aliphatic heterocycles. The molecule has 2 heteroatoms. The van der Waals surface area contributed by atoms with Gasteiger partial charge in [0.05, 0.1) is 7.11 Å². The van der Waals surface area contributed by atoms with Gasteiger partial charge in [0.25, 0.3) is 0 Å². The molecule has 0 amide bonds. The zero-order valence-electron chi connectivity index (χ0n) is 12.3. The maximum Gasteiger partial charge on any atom is 0.122 e. The Hall–Kier alpha value is -1.96. The minimum Gasteiger partial charge on any atom is -0.508 e. The molecule has 0 radical (unpaired) electrons. The maximum absolute atomic E-state index is 9.10. The van der Waals surface area contributed by atoms with Crippen LogP contribution < -0.4 is 4.74 Å². The van der Waals surface area contributed by atoms with Gasteiger partial charge in [0.15, 0.2) is 0 Å². The predicted octanol–water partition coefficient (Wildman–Crippen LogP) is 4.32. The van der Waals surface area contributed by atoms with Gasteiger partial charge >= 0.3 is 0 Å². The van der Waals surface area contributed by atoms with Crippen molar-refractivity contribution < 1.29 is 9.84 Å². The Morgan fingerprint density at radius 1 is 0.789 bits per heavy atom. The highest BCUT2D eigenvalue weighted by molar-refractivity contribution is 5.38. The van der Waals surface area contributed by atoms with E-state index in [0.29, 0.717) is 5.75 Å². The summed E-state index contributed by atoms with van der Waals surface area (Å²) >= 11 is 0. The highest BCUT2D eigenvalue weighted by Crippen LogP contribution is 2.19. The standard InChI is InChI=1S/C9H12O.C8H10O/c1-7-5-4-6-9(10-3)8(7)2;1-6-4-3-5-8(9)7(6)2/h4-6H,1-3H3;3-5,9H,1-2H3. The molecule has 0 aliphatic carbocycles. The highest BCUT2D eigenvalue weighted by atomic mass is 16.5. The largest absolute Gasteiger partial charge is 0.508 e. The van der Waals surface area contributed by atoms with Crippen molar-refractivity contribution in [2.75, 3.05) is 7.11 Å². The Morgan fingerprint density at radius 3 is 1.74 bits per heavy atom. The van der Waals surface area contributed by atoms with Crippen molar-refractivity contribution in [3.8, 4) is 11.5 Å². The van der Waals surface area contributed by atoms with E-state index in [4.69, 9.17) is 9.84 Å². The van der Waals surface area contributed by atoms with Gasteiger partial charge < -0.3 is 9.84 Å². The fourth-order valence-corrected chi connectivity index (χ4v) is 1.68. The van der Waals surface area contributed by atoms with Crippen LogP contribution in [0, 0.1) is 27.7 Å². The summed E-state index contributed by atoms with van der Waals surface area (Å²) in [5, 5.41) is 9.10. The maximum atomic E-state index is 9.10. The number of ether oxygens (including phenoxy) is 1. The topological polar surface area (TPSA) is 29.5 Å². The van der Waals surface area contributed by atoms with Crippen molar-refractivity contribution in [2.45, 2.75) is 27.7 Å². The summed E-state index contributed by atoms with van der Waals surface area (Å²) in [5.41, 5.74) is 4.61. The van der Waals surface area contributed by atoms with Gasteiger partial charge in [-0.2, -0.15) is 0 Å². The Labute approximate surface area is 115 Å². The molecule has 2 nitrogen and oxygen atoms in total. The van der Waals surface area contributed by atoms with Crippen molar-refractivity contribution in [1.29, 1.82) is 0 Å². The van der Waals surface area contributed by atoms with Gasteiger partial charge in [0, 0.05) is 0 Å². The summed E-state index contributed by atoms with van der Waals surface area (Å²) in [5.74, 6) is 1.36. The van der Waals surface area contributed by atoms with Crippen LogP contribution in [0.4, 0.5) is 0 Å². The number of phenolic OH excluding ortho intramolecular Hbond substituents is 1. The fourth-order valence-electron chi connectivity index (χ4n) is 1.68. The van der Waals surface area contributed by atoms with Crippen molar-refractivity contribution >= 4 is 0 Å². The molecule has 2 aromatic carbocycles. The van der Waals surface area contributed by atoms with Gasteiger partial charge in [0.2, 0.25) is 0 Å². The first kappa shape index (κ1) is 15.1. The fraction of sp³-hybridized carbons (Fsp3) is 0.294. The number of rotatable bonds is 1. The van der Waals surface area contributed by atoms with Crippen molar-refractivity contribution in [2.24, 2.45) is 0 Å². The quantitative estimate of drug-likeness (QED) is 0.825. The van der Waals surface area contributed by atoms with Gasteiger partial charge in [0.1, 0.15) is 11.5 Å². The van der Waals surface area contributed by atoms with Crippen molar-refractivity contribution in [3.63, 3.8) is 0 Å². The van der Waals surface area contributed by atoms with Crippen molar-refractivity contribution in [3.05, 3.63) is 58.7 Å². The monoisotopic (exact) mass is 258 g/mol. The third kappa shape index (κ3) is 4.02. The summed E-state index contributed by atoms with van der Waals surface area (Å²) in [6.07, 6.45) is 0. The van der Waals surface area contributed by atoms with E-state index in [-0.39, 0.29) is 0 Å². The van der Waals surface area contributed by atoms with Crippen LogP contribution in [0.15, 0.2) is 36.4 Å². The van der Waals surface area contributed by atoms with E-state index >= 15 is 0 Å². The number of phenols is 1. The normalized spacial score (nSPS) is 9.53. The van der Waals surface area contributed by atoms with Crippen LogP contribution in [-0.4, -0.2) is 12.2 Å². The molecule has 0 aliphatic rings. The molecule has 2 aromatic rings. The zero-order valence-corrected chi connectivity index (χ0v) is 12.3. The number of aromatic hydroxyl groups is 1. The van der Waals surface area contributed by atoms with Crippen LogP contribution >= 0.6 is 0 Å². The predicted molar refractivity (Wildman–Crippen MR) is 80.0 cm³/mol. The molecule has 0 heterocycles. The van der Waals surface area contributed by atoms with Gasteiger partial charge in [-0.05, 0) is 62.1 Å². The molecule has 0 aromatic heterocycles. The van der Waals surface area contributed by atoms with E-state index in [0.717, 1.165) is 16.9 Å². The lowest BCUT2D eigenvalue weighted by molar-refractivity contribution is 0.411. The molecular formula is C17H22O2. The Balaban J connectivity index is 0.000000191. The molecule has 1 N–H and O–H groups in total. The first-order valence-corrected chi connectivity index (χ1v) is 6.32. The van der Waals surface area contributed by atoms with E-state index in [1.54, 1.807) is 13.2 Å².